The average Bonchev–Trinajstić information content (AvgIpc) is 2.70. The molecule has 0 aromatic heterocycles. The first-order valence-corrected chi connectivity index (χ1v) is 9.54. The van der Waals surface area contributed by atoms with Gasteiger partial charge in [0.25, 0.3) is 0 Å². The van der Waals surface area contributed by atoms with E-state index in [0.29, 0.717) is 10.9 Å². The van der Waals surface area contributed by atoms with Crippen molar-refractivity contribution in [1.82, 2.24) is 0 Å². The summed E-state index contributed by atoms with van der Waals surface area (Å²) in [5.74, 6) is 1.38. The molecule has 3 rings (SSSR count). The van der Waals surface area contributed by atoms with Crippen LogP contribution >= 0.6 is 24.0 Å². The first-order chi connectivity index (χ1) is 13.2. The van der Waals surface area contributed by atoms with Gasteiger partial charge in [0, 0.05) is 15.9 Å². The van der Waals surface area contributed by atoms with Gasteiger partial charge in [0.05, 0.1) is 25.6 Å². The molecule has 0 unspecified atom stereocenters. The van der Waals surface area contributed by atoms with E-state index in [9.17, 15) is 0 Å². The Morgan fingerprint density at radius 3 is 2.26 bits per heavy atom. The van der Waals surface area contributed by atoms with Crippen LogP contribution in [0, 0.1) is 0 Å². The lowest BCUT2D eigenvalue weighted by Gasteiger charge is -2.16. The Hall–Kier alpha value is -2.70. The van der Waals surface area contributed by atoms with E-state index in [1.807, 2.05) is 54.6 Å². The Labute approximate surface area is 168 Å². The van der Waals surface area contributed by atoms with E-state index in [0.717, 1.165) is 22.0 Å². The van der Waals surface area contributed by atoms with Crippen molar-refractivity contribution in [3.05, 3.63) is 72.8 Å². The van der Waals surface area contributed by atoms with Crippen molar-refractivity contribution in [3.63, 3.8) is 0 Å². The summed E-state index contributed by atoms with van der Waals surface area (Å²) in [6, 6.07) is 23.8. The molecule has 0 fully saturated rings. The largest absolute Gasteiger partial charge is 0.497 e. The van der Waals surface area contributed by atoms with Gasteiger partial charge in [0.1, 0.15) is 11.5 Å². The lowest BCUT2D eigenvalue weighted by atomic mass is 10.2. The van der Waals surface area contributed by atoms with Gasteiger partial charge in [-0.2, -0.15) is 0 Å². The van der Waals surface area contributed by atoms with Crippen molar-refractivity contribution in [2.75, 3.05) is 24.9 Å². The summed E-state index contributed by atoms with van der Waals surface area (Å²) >= 11 is 7.18. The summed E-state index contributed by atoms with van der Waals surface area (Å²) in [7, 11) is 3.23. The maximum atomic E-state index is 5.49. The summed E-state index contributed by atoms with van der Waals surface area (Å²) in [6.07, 6.45) is 0. The third-order valence-electron chi connectivity index (χ3n) is 3.76. The zero-order valence-electron chi connectivity index (χ0n) is 15.1. The molecule has 138 valence electrons. The van der Waals surface area contributed by atoms with Gasteiger partial charge in [-0.05, 0) is 48.6 Å². The predicted molar refractivity (Wildman–Crippen MR) is 116 cm³/mol. The number of hydrogen-bond donors (Lipinski definition) is 2. The predicted octanol–water partition coefficient (Wildman–Crippen LogP) is 5.66. The molecule has 0 aliphatic heterocycles. The maximum absolute atomic E-state index is 5.49. The molecule has 0 aliphatic rings. The van der Waals surface area contributed by atoms with E-state index in [1.165, 1.54) is 4.90 Å². The highest BCUT2D eigenvalue weighted by molar-refractivity contribution is 7.99. The van der Waals surface area contributed by atoms with E-state index in [4.69, 9.17) is 21.7 Å². The average molecular weight is 397 g/mol. The minimum Gasteiger partial charge on any atom is -0.497 e. The number of para-hydroxylation sites is 1. The highest BCUT2D eigenvalue weighted by Crippen LogP contribution is 2.34. The molecule has 0 spiro atoms. The summed E-state index contributed by atoms with van der Waals surface area (Å²) in [4.78, 5) is 2.26. The summed E-state index contributed by atoms with van der Waals surface area (Å²) in [5.41, 5.74) is 1.71. The second kappa shape index (κ2) is 9.30. The van der Waals surface area contributed by atoms with Gasteiger partial charge in [-0.3, -0.25) is 0 Å². The number of rotatable bonds is 6. The Morgan fingerprint density at radius 1 is 0.815 bits per heavy atom. The molecular formula is C21H20N2O2S2. The molecule has 3 aromatic rings. The van der Waals surface area contributed by atoms with Crippen molar-refractivity contribution in [1.29, 1.82) is 0 Å². The van der Waals surface area contributed by atoms with Gasteiger partial charge < -0.3 is 20.1 Å². The summed E-state index contributed by atoms with van der Waals surface area (Å²) < 4.78 is 10.6. The first-order valence-electron chi connectivity index (χ1n) is 8.31. The Kier molecular flexibility index (Phi) is 6.57. The van der Waals surface area contributed by atoms with Crippen LogP contribution in [0.4, 0.5) is 11.4 Å². The number of anilines is 2. The topological polar surface area (TPSA) is 42.5 Å². The monoisotopic (exact) mass is 396 g/mol. The van der Waals surface area contributed by atoms with Gasteiger partial charge in [-0.15, -0.1) is 0 Å². The highest BCUT2D eigenvalue weighted by atomic mass is 32.2. The van der Waals surface area contributed by atoms with Gasteiger partial charge >= 0.3 is 0 Å². The SMILES string of the molecule is COc1ccc(NC(=S)Nc2ccccc2Sc2ccccc2)c(OC)c1. The number of ether oxygens (including phenoxy) is 2. The van der Waals surface area contributed by atoms with Crippen LogP contribution in [-0.4, -0.2) is 19.3 Å². The molecule has 3 aromatic carbocycles. The van der Waals surface area contributed by atoms with Crippen molar-refractivity contribution in [2.24, 2.45) is 0 Å². The third-order valence-corrected chi connectivity index (χ3v) is 5.05. The van der Waals surface area contributed by atoms with Crippen LogP contribution in [0.1, 0.15) is 0 Å². The third kappa shape index (κ3) is 5.15. The smallest absolute Gasteiger partial charge is 0.175 e. The molecule has 0 amide bonds. The second-order valence-corrected chi connectivity index (χ2v) is 7.08. The van der Waals surface area contributed by atoms with Gasteiger partial charge in [-0.1, -0.05) is 42.1 Å². The Bertz CT molecular complexity index is 917. The molecule has 27 heavy (non-hydrogen) atoms. The molecule has 0 bridgehead atoms. The quantitative estimate of drug-likeness (QED) is 0.524. The fourth-order valence-electron chi connectivity index (χ4n) is 2.45. The Morgan fingerprint density at radius 2 is 1.52 bits per heavy atom. The Balaban J connectivity index is 1.73. The van der Waals surface area contributed by atoms with E-state index < -0.39 is 0 Å². The van der Waals surface area contributed by atoms with Crippen molar-refractivity contribution in [3.8, 4) is 11.5 Å². The summed E-state index contributed by atoms with van der Waals surface area (Å²) in [5, 5.41) is 6.94. The minimum absolute atomic E-state index is 0.486. The molecule has 0 atom stereocenters. The molecule has 6 heteroatoms. The standard InChI is InChI=1S/C21H20N2O2S2/c1-24-15-12-13-17(19(14-15)25-2)22-21(26)23-18-10-6-7-11-20(18)27-16-8-4-3-5-9-16/h3-14H,1-2H3,(H2,22,23,26). The molecule has 4 nitrogen and oxygen atoms in total. The van der Waals surface area contributed by atoms with Crippen LogP contribution in [0.2, 0.25) is 0 Å². The highest BCUT2D eigenvalue weighted by Gasteiger charge is 2.09. The van der Waals surface area contributed by atoms with E-state index in [-0.39, 0.29) is 0 Å². The number of benzene rings is 3. The fraction of sp³-hybridized carbons (Fsp3) is 0.0952. The van der Waals surface area contributed by atoms with E-state index >= 15 is 0 Å². The molecule has 0 saturated heterocycles. The first kappa shape index (κ1) is 19.1. The van der Waals surface area contributed by atoms with Crippen LogP contribution < -0.4 is 20.1 Å². The molecule has 2 N–H and O–H groups in total. The van der Waals surface area contributed by atoms with Gasteiger partial charge in [-0.25, -0.2) is 0 Å². The normalized spacial score (nSPS) is 10.1. The maximum Gasteiger partial charge on any atom is 0.175 e. The fourth-order valence-corrected chi connectivity index (χ4v) is 3.59. The van der Waals surface area contributed by atoms with Crippen molar-refractivity contribution in [2.45, 2.75) is 9.79 Å². The number of methoxy groups -OCH3 is 2. The second-order valence-electron chi connectivity index (χ2n) is 5.56. The summed E-state index contributed by atoms with van der Waals surface area (Å²) in [6.45, 7) is 0. The van der Waals surface area contributed by atoms with Crippen molar-refractivity contribution >= 4 is 40.5 Å². The van der Waals surface area contributed by atoms with Crippen LogP contribution in [0.25, 0.3) is 0 Å². The van der Waals surface area contributed by atoms with Crippen LogP contribution in [0.5, 0.6) is 11.5 Å². The molecular weight excluding hydrogens is 376 g/mol. The van der Waals surface area contributed by atoms with Crippen LogP contribution in [0.15, 0.2) is 82.6 Å². The number of thiocarbonyl (C=S) groups is 1. The van der Waals surface area contributed by atoms with Gasteiger partial charge in [0.15, 0.2) is 5.11 Å². The molecule has 0 aliphatic carbocycles. The molecule has 0 heterocycles. The van der Waals surface area contributed by atoms with E-state index in [1.54, 1.807) is 26.0 Å². The molecule has 0 radical (unpaired) electrons. The zero-order valence-corrected chi connectivity index (χ0v) is 16.7. The zero-order chi connectivity index (χ0) is 19.1. The minimum atomic E-state index is 0.486. The lowest BCUT2D eigenvalue weighted by Crippen LogP contribution is -2.19. The lowest BCUT2D eigenvalue weighted by molar-refractivity contribution is 0.395. The molecule has 0 saturated carbocycles. The van der Waals surface area contributed by atoms with Crippen LogP contribution in [-0.2, 0) is 0 Å². The van der Waals surface area contributed by atoms with Crippen molar-refractivity contribution < 1.29 is 9.47 Å². The van der Waals surface area contributed by atoms with Crippen LogP contribution in [0.3, 0.4) is 0 Å². The number of nitrogens with one attached hydrogen (secondary N) is 2. The number of hydrogen-bond acceptors (Lipinski definition) is 4. The van der Waals surface area contributed by atoms with E-state index in [2.05, 4.69) is 28.8 Å². The van der Waals surface area contributed by atoms with Gasteiger partial charge in [0.2, 0.25) is 0 Å².